The first-order valence-corrected chi connectivity index (χ1v) is 7.37. The highest BCUT2D eigenvalue weighted by Gasteiger charge is 2.35. The Balaban J connectivity index is 1.63. The standard InChI is InChI=1S/C16H16N2O4/c1-9-6-11(9)18-16(19)14-15(22-8-17-14)10-2-3-12-13(7-10)21-5-4-20-12/h2-3,7-9,11H,4-6H2,1H3,(H,18,19)/t9-,11-/m0/s1. The van der Waals surface area contributed by atoms with Gasteiger partial charge in [-0.25, -0.2) is 4.98 Å². The summed E-state index contributed by atoms with van der Waals surface area (Å²) in [5.74, 6) is 2.14. The molecule has 22 heavy (non-hydrogen) atoms. The topological polar surface area (TPSA) is 73.6 Å². The summed E-state index contributed by atoms with van der Waals surface area (Å²) in [6.45, 7) is 3.16. The Morgan fingerprint density at radius 3 is 2.82 bits per heavy atom. The van der Waals surface area contributed by atoms with Crippen LogP contribution in [0, 0.1) is 5.92 Å². The monoisotopic (exact) mass is 300 g/mol. The van der Waals surface area contributed by atoms with Gasteiger partial charge in [0.1, 0.15) is 13.2 Å². The van der Waals surface area contributed by atoms with Crippen molar-refractivity contribution in [2.75, 3.05) is 13.2 Å². The predicted octanol–water partition coefficient (Wildman–Crippen LogP) is 2.25. The Labute approximate surface area is 127 Å². The van der Waals surface area contributed by atoms with E-state index in [-0.39, 0.29) is 11.9 Å². The van der Waals surface area contributed by atoms with E-state index in [1.807, 2.05) is 18.2 Å². The van der Waals surface area contributed by atoms with E-state index in [0.717, 1.165) is 12.0 Å². The number of benzene rings is 1. The maximum atomic E-state index is 12.3. The van der Waals surface area contributed by atoms with Crippen molar-refractivity contribution in [2.45, 2.75) is 19.4 Å². The molecule has 1 fully saturated rings. The van der Waals surface area contributed by atoms with Crippen LogP contribution in [0.5, 0.6) is 11.5 Å². The number of carbonyl (C=O) groups excluding carboxylic acids is 1. The number of ether oxygens (including phenoxy) is 2. The fourth-order valence-corrected chi connectivity index (χ4v) is 2.56. The summed E-state index contributed by atoms with van der Waals surface area (Å²) < 4.78 is 16.5. The van der Waals surface area contributed by atoms with Crippen molar-refractivity contribution in [1.29, 1.82) is 0 Å². The number of aromatic nitrogens is 1. The second kappa shape index (κ2) is 5.05. The van der Waals surface area contributed by atoms with Gasteiger partial charge >= 0.3 is 0 Å². The minimum atomic E-state index is -0.201. The second-order valence-corrected chi connectivity index (χ2v) is 5.68. The number of hydrogen-bond acceptors (Lipinski definition) is 5. The van der Waals surface area contributed by atoms with Crippen molar-refractivity contribution < 1.29 is 18.7 Å². The van der Waals surface area contributed by atoms with Gasteiger partial charge in [-0.05, 0) is 30.5 Å². The number of amides is 1. The van der Waals surface area contributed by atoms with E-state index in [9.17, 15) is 4.79 Å². The van der Waals surface area contributed by atoms with Crippen molar-refractivity contribution in [2.24, 2.45) is 5.92 Å². The molecule has 0 bridgehead atoms. The van der Waals surface area contributed by atoms with Crippen LogP contribution in [0.25, 0.3) is 11.3 Å². The van der Waals surface area contributed by atoms with Gasteiger partial charge in [0, 0.05) is 11.6 Å². The third kappa shape index (κ3) is 2.30. The number of hydrogen-bond donors (Lipinski definition) is 1. The zero-order chi connectivity index (χ0) is 15.1. The highest BCUT2D eigenvalue weighted by molar-refractivity contribution is 5.98. The van der Waals surface area contributed by atoms with Gasteiger partial charge in [0.25, 0.3) is 5.91 Å². The largest absolute Gasteiger partial charge is 0.486 e. The Kier molecular flexibility index (Phi) is 3.03. The summed E-state index contributed by atoms with van der Waals surface area (Å²) in [6.07, 6.45) is 2.31. The lowest BCUT2D eigenvalue weighted by molar-refractivity contribution is 0.0945. The summed E-state index contributed by atoms with van der Waals surface area (Å²) in [6, 6.07) is 5.71. The van der Waals surface area contributed by atoms with E-state index in [1.54, 1.807) is 0 Å². The second-order valence-electron chi connectivity index (χ2n) is 5.68. The summed E-state index contributed by atoms with van der Waals surface area (Å²) >= 11 is 0. The van der Waals surface area contributed by atoms with E-state index >= 15 is 0 Å². The molecule has 1 saturated carbocycles. The summed E-state index contributed by atoms with van der Waals surface area (Å²) in [7, 11) is 0. The fourth-order valence-electron chi connectivity index (χ4n) is 2.56. The molecule has 1 N–H and O–H groups in total. The van der Waals surface area contributed by atoms with Crippen LogP contribution >= 0.6 is 0 Å². The van der Waals surface area contributed by atoms with Gasteiger partial charge in [-0.3, -0.25) is 4.79 Å². The number of carbonyl (C=O) groups is 1. The molecule has 2 heterocycles. The maximum absolute atomic E-state index is 12.3. The average Bonchev–Trinajstić information content (AvgIpc) is 3.04. The molecule has 1 aromatic carbocycles. The first-order chi connectivity index (χ1) is 10.7. The molecule has 2 aliphatic rings. The predicted molar refractivity (Wildman–Crippen MR) is 78.0 cm³/mol. The number of oxazole rings is 1. The zero-order valence-electron chi connectivity index (χ0n) is 12.2. The molecule has 1 aliphatic heterocycles. The van der Waals surface area contributed by atoms with Crippen LogP contribution in [0.2, 0.25) is 0 Å². The number of nitrogens with zero attached hydrogens (tertiary/aromatic N) is 1. The van der Waals surface area contributed by atoms with Crippen LogP contribution < -0.4 is 14.8 Å². The van der Waals surface area contributed by atoms with Crippen LogP contribution in [0.3, 0.4) is 0 Å². The lowest BCUT2D eigenvalue weighted by Crippen LogP contribution is -2.27. The van der Waals surface area contributed by atoms with Crippen molar-refractivity contribution in [1.82, 2.24) is 10.3 Å². The summed E-state index contributed by atoms with van der Waals surface area (Å²) in [5, 5.41) is 2.96. The van der Waals surface area contributed by atoms with Crippen molar-refractivity contribution in [3.05, 3.63) is 30.3 Å². The highest BCUT2D eigenvalue weighted by atomic mass is 16.6. The third-order valence-electron chi connectivity index (χ3n) is 4.01. The first-order valence-electron chi connectivity index (χ1n) is 7.37. The fraction of sp³-hybridized carbons (Fsp3) is 0.375. The number of nitrogens with one attached hydrogen (secondary N) is 1. The Hall–Kier alpha value is -2.50. The normalized spacial score (nSPS) is 22.2. The van der Waals surface area contributed by atoms with Gasteiger partial charge in [0.2, 0.25) is 0 Å². The molecule has 0 saturated heterocycles. The van der Waals surface area contributed by atoms with Gasteiger partial charge < -0.3 is 19.2 Å². The molecule has 1 aliphatic carbocycles. The van der Waals surface area contributed by atoms with Gasteiger partial charge in [0.05, 0.1) is 0 Å². The molecule has 2 aromatic rings. The van der Waals surface area contributed by atoms with Crippen molar-refractivity contribution in [3.63, 3.8) is 0 Å². The molecule has 1 aromatic heterocycles. The van der Waals surface area contributed by atoms with Crippen LogP contribution in [-0.2, 0) is 0 Å². The van der Waals surface area contributed by atoms with Gasteiger partial charge in [-0.2, -0.15) is 0 Å². The molecular weight excluding hydrogens is 284 g/mol. The minimum absolute atomic E-state index is 0.201. The SMILES string of the molecule is C[C@H]1C[C@@H]1NC(=O)c1ncoc1-c1ccc2c(c1)OCCO2. The zero-order valence-corrected chi connectivity index (χ0v) is 12.2. The van der Waals surface area contributed by atoms with Gasteiger partial charge in [0.15, 0.2) is 29.3 Å². The molecule has 1 amide bonds. The Bertz CT molecular complexity index is 725. The molecule has 6 heteroatoms. The number of fused-ring (bicyclic) bond motifs is 1. The highest BCUT2D eigenvalue weighted by Crippen LogP contribution is 2.36. The van der Waals surface area contributed by atoms with E-state index in [0.29, 0.717) is 42.1 Å². The molecule has 0 radical (unpaired) electrons. The third-order valence-corrected chi connectivity index (χ3v) is 4.01. The lowest BCUT2D eigenvalue weighted by Gasteiger charge is -2.18. The molecule has 0 spiro atoms. The average molecular weight is 300 g/mol. The molecule has 114 valence electrons. The van der Waals surface area contributed by atoms with E-state index in [4.69, 9.17) is 13.9 Å². The molecular formula is C16H16N2O4. The van der Waals surface area contributed by atoms with Crippen LogP contribution in [0.4, 0.5) is 0 Å². The number of rotatable bonds is 3. The molecule has 2 atom stereocenters. The lowest BCUT2D eigenvalue weighted by atomic mass is 10.1. The van der Waals surface area contributed by atoms with Crippen molar-refractivity contribution in [3.8, 4) is 22.8 Å². The van der Waals surface area contributed by atoms with Crippen LogP contribution in [0.15, 0.2) is 29.0 Å². The Morgan fingerprint density at radius 2 is 2.05 bits per heavy atom. The Morgan fingerprint density at radius 1 is 1.27 bits per heavy atom. The molecule has 6 nitrogen and oxygen atoms in total. The van der Waals surface area contributed by atoms with Gasteiger partial charge in [-0.15, -0.1) is 0 Å². The quantitative estimate of drug-likeness (QED) is 0.941. The van der Waals surface area contributed by atoms with Gasteiger partial charge in [-0.1, -0.05) is 6.92 Å². The summed E-state index contributed by atoms with van der Waals surface area (Å²) in [4.78, 5) is 16.4. The summed E-state index contributed by atoms with van der Waals surface area (Å²) in [5.41, 5.74) is 1.05. The first kappa shape index (κ1) is 13.2. The molecule has 0 unspecified atom stereocenters. The van der Waals surface area contributed by atoms with E-state index in [2.05, 4.69) is 17.2 Å². The molecule has 4 rings (SSSR count). The smallest absolute Gasteiger partial charge is 0.274 e. The van der Waals surface area contributed by atoms with E-state index < -0.39 is 0 Å². The van der Waals surface area contributed by atoms with Crippen LogP contribution in [-0.4, -0.2) is 30.1 Å². The minimum Gasteiger partial charge on any atom is -0.486 e. The van der Waals surface area contributed by atoms with E-state index in [1.165, 1.54) is 6.39 Å². The van der Waals surface area contributed by atoms with Crippen LogP contribution in [0.1, 0.15) is 23.8 Å². The maximum Gasteiger partial charge on any atom is 0.274 e. The van der Waals surface area contributed by atoms with Crippen molar-refractivity contribution >= 4 is 5.91 Å².